The van der Waals surface area contributed by atoms with Gasteiger partial charge in [0.25, 0.3) is 11.4 Å². The van der Waals surface area contributed by atoms with E-state index in [1.807, 2.05) is 0 Å². The van der Waals surface area contributed by atoms with Crippen molar-refractivity contribution in [3.05, 3.63) is 138 Å². The highest BCUT2D eigenvalue weighted by atomic mass is 16.6. The van der Waals surface area contributed by atoms with Crippen LogP contribution in [-0.2, 0) is 11.3 Å². The second-order valence-corrected chi connectivity index (χ2v) is 11.6. The molecule has 0 saturated carbocycles. The first-order chi connectivity index (χ1) is 24.2. The Morgan fingerprint density at radius 2 is 1.10 bits per heavy atom. The molecule has 0 amide bonds. The van der Waals surface area contributed by atoms with Crippen molar-refractivity contribution in [2.24, 2.45) is 0 Å². The van der Waals surface area contributed by atoms with Gasteiger partial charge < -0.3 is 10.6 Å². The Balaban J connectivity index is 1.42. The summed E-state index contributed by atoms with van der Waals surface area (Å²) in [5.74, 6) is -0.212. The number of anilines is 2. The second kappa shape index (κ2) is 9.03. The number of nitro benzene ring substituents is 2. The molecule has 50 heavy (non-hydrogen) atoms. The highest BCUT2D eigenvalue weighted by Crippen LogP contribution is 2.54. The van der Waals surface area contributed by atoms with Crippen LogP contribution in [0.1, 0.15) is 11.4 Å². The average Bonchev–Trinajstić information content (AvgIpc) is 3.83. The van der Waals surface area contributed by atoms with Crippen LogP contribution >= 0.6 is 0 Å². The molecular weight excluding hydrogens is 652 g/mol. The summed E-state index contributed by atoms with van der Waals surface area (Å²) in [5.41, 5.74) is -4.63. The zero-order valence-corrected chi connectivity index (χ0v) is 24.9. The molecule has 2 aliphatic rings. The number of rotatable bonds is 4. The molecule has 0 bridgehead atoms. The number of pyridine rings is 2. The van der Waals surface area contributed by atoms with E-state index in [9.17, 15) is 20.2 Å². The van der Waals surface area contributed by atoms with Gasteiger partial charge in [0, 0.05) is 36.7 Å². The van der Waals surface area contributed by atoms with Gasteiger partial charge in [-0.1, -0.05) is 12.1 Å². The third-order valence-electron chi connectivity index (χ3n) is 9.10. The van der Waals surface area contributed by atoms with Gasteiger partial charge in [-0.2, -0.15) is 9.97 Å². The highest BCUT2D eigenvalue weighted by Gasteiger charge is 2.70. The first-order valence-electron chi connectivity index (χ1n) is 14.8. The maximum atomic E-state index is 15.1. The first kappa shape index (κ1) is 27.5. The van der Waals surface area contributed by atoms with Gasteiger partial charge in [0.05, 0.1) is 43.3 Å². The third-order valence-corrected chi connectivity index (χ3v) is 9.10. The van der Waals surface area contributed by atoms with Crippen molar-refractivity contribution in [1.82, 2.24) is 47.8 Å². The molecule has 0 unspecified atom stereocenters. The number of non-ortho nitro benzene ring substituents is 2. The highest BCUT2D eigenvalue weighted by molar-refractivity contribution is 5.83. The van der Waals surface area contributed by atoms with Crippen molar-refractivity contribution in [2.75, 3.05) is 10.6 Å². The number of imidazole rings is 2. The third kappa shape index (κ3) is 3.13. The summed E-state index contributed by atoms with van der Waals surface area (Å²) < 4.78 is 4.68. The quantitative estimate of drug-likeness (QED) is 0.201. The molecule has 242 valence electrons. The number of hydrogen-bond acceptors (Lipinski definition) is 14. The molecule has 0 saturated heterocycles. The molecule has 0 fully saturated rings. The van der Waals surface area contributed by atoms with Crippen molar-refractivity contribution in [1.29, 1.82) is 0 Å². The summed E-state index contributed by atoms with van der Waals surface area (Å²) in [6.07, 6.45) is 3.02. The van der Waals surface area contributed by atoms with E-state index in [4.69, 9.17) is 9.97 Å². The van der Waals surface area contributed by atoms with Gasteiger partial charge in [-0.15, -0.1) is 0 Å². The van der Waals surface area contributed by atoms with Crippen LogP contribution in [0, 0.1) is 20.2 Å². The molecule has 0 aliphatic carbocycles. The van der Waals surface area contributed by atoms with E-state index in [2.05, 4.69) is 30.6 Å². The Labute approximate surface area is 274 Å². The van der Waals surface area contributed by atoms with Gasteiger partial charge in [0.2, 0.25) is 34.8 Å². The largest absolute Gasteiger partial charge is 0.340 e. The molecule has 8 heterocycles. The molecular formula is C30H16N14O6. The van der Waals surface area contributed by atoms with Crippen LogP contribution in [0.3, 0.4) is 0 Å². The predicted octanol–water partition coefficient (Wildman–Crippen LogP) is 1.96. The van der Waals surface area contributed by atoms with Gasteiger partial charge in [0.15, 0.2) is 0 Å². The lowest BCUT2D eigenvalue weighted by molar-refractivity contribution is -0.384. The number of hydrogen-bond donors (Lipinski definition) is 2. The summed E-state index contributed by atoms with van der Waals surface area (Å²) in [4.78, 5) is 80.0. The van der Waals surface area contributed by atoms with Gasteiger partial charge in [0.1, 0.15) is 0 Å². The molecule has 0 atom stereocenters. The van der Waals surface area contributed by atoms with E-state index in [1.165, 1.54) is 57.9 Å². The van der Waals surface area contributed by atoms with Crippen LogP contribution in [0.5, 0.6) is 0 Å². The second-order valence-electron chi connectivity index (χ2n) is 11.6. The lowest BCUT2D eigenvalue weighted by Crippen LogP contribution is -2.61. The fraction of sp³-hybridized carbons (Fsp3) is 0.0667. The number of benzene rings is 2. The predicted molar refractivity (Wildman–Crippen MR) is 173 cm³/mol. The van der Waals surface area contributed by atoms with Gasteiger partial charge >= 0.3 is 11.4 Å². The van der Waals surface area contributed by atoms with Crippen molar-refractivity contribution < 1.29 is 9.85 Å². The molecule has 2 aliphatic heterocycles. The van der Waals surface area contributed by atoms with E-state index in [0.29, 0.717) is 5.69 Å². The monoisotopic (exact) mass is 668 g/mol. The van der Waals surface area contributed by atoms with Gasteiger partial charge in [-0.05, 0) is 36.4 Å². The Morgan fingerprint density at radius 1 is 0.620 bits per heavy atom. The Bertz CT molecular complexity index is 2800. The molecule has 20 heteroatoms. The number of nitro groups is 2. The summed E-state index contributed by atoms with van der Waals surface area (Å²) in [7, 11) is 0. The minimum Gasteiger partial charge on any atom is -0.324 e. The summed E-state index contributed by atoms with van der Waals surface area (Å²) in [5, 5.41) is 30.1. The van der Waals surface area contributed by atoms with E-state index < -0.39 is 32.6 Å². The minimum atomic E-state index is -2.02. The molecule has 2 aromatic carbocycles. The number of fused-ring (bicyclic) bond motifs is 11. The van der Waals surface area contributed by atoms with E-state index in [1.54, 1.807) is 36.4 Å². The standard InChI is InChI=1S/C30H16N14O6/c45-27-39-19-13-15(43(47)48)7-9-17(19)33-23(39)35-25-37-29(21-5-1-3-11-31-21)30(41(25)27,22-6-2-4-12-32-22)42-26(38-29)36-24-34-18-10-8-16(44(49)50)14-20(18)40(24)28(42)46/h1-14H,(H,33,35,37)(H,34,36,38). The molecule has 20 nitrogen and oxygen atoms in total. The maximum absolute atomic E-state index is 15.1. The maximum Gasteiger partial charge on any atom is 0.340 e. The zero-order chi connectivity index (χ0) is 34.1. The van der Waals surface area contributed by atoms with Crippen molar-refractivity contribution in [3.63, 3.8) is 0 Å². The number of aromatic nitrogens is 10. The van der Waals surface area contributed by atoms with Crippen LogP contribution in [0.2, 0.25) is 0 Å². The molecule has 0 radical (unpaired) electrons. The summed E-state index contributed by atoms with van der Waals surface area (Å²) in [6, 6.07) is 17.9. The molecule has 6 aromatic heterocycles. The fourth-order valence-corrected chi connectivity index (χ4v) is 7.14. The topological polar surface area (TPSA) is 240 Å². The lowest BCUT2D eigenvalue weighted by Gasteiger charge is -2.38. The van der Waals surface area contributed by atoms with E-state index >= 15 is 9.59 Å². The van der Waals surface area contributed by atoms with E-state index in [-0.39, 0.29) is 62.6 Å². The van der Waals surface area contributed by atoms with Crippen LogP contribution < -0.4 is 22.0 Å². The lowest BCUT2D eigenvalue weighted by atomic mass is 9.87. The zero-order valence-electron chi connectivity index (χ0n) is 24.9. The average molecular weight is 669 g/mol. The van der Waals surface area contributed by atoms with Gasteiger partial charge in [-0.3, -0.25) is 30.2 Å². The van der Waals surface area contributed by atoms with Crippen molar-refractivity contribution in [2.45, 2.75) is 11.3 Å². The fourth-order valence-electron chi connectivity index (χ4n) is 7.14. The summed E-state index contributed by atoms with van der Waals surface area (Å²) in [6.45, 7) is 0. The van der Waals surface area contributed by atoms with Crippen LogP contribution in [0.15, 0.2) is 94.8 Å². The Kier molecular flexibility index (Phi) is 4.96. The number of nitrogens with zero attached hydrogens (tertiary/aromatic N) is 12. The van der Waals surface area contributed by atoms with Crippen LogP contribution in [-0.4, -0.2) is 57.7 Å². The van der Waals surface area contributed by atoms with E-state index in [0.717, 1.165) is 8.80 Å². The molecule has 10 rings (SSSR count). The molecule has 0 spiro atoms. The molecule has 2 N–H and O–H groups in total. The van der Waals surface area contributed by atoms with Crippen molar-refractivity contribution >= 4 is 56.9 Å². The van der Waals surface area contributed by atoms with Crippen molar-refractivity contribution in [3.8, 4) is 0 Å². The SMILES string of the molecule is O=c1n2c(nc3nc4ccc([N+](=O)[O-])cc4n13)NC1(c3ccccn3)Nc3nc4nc5ccc([N+](=O)[O-])cc5n4c(=O)n3C21c1ccccn1. The normalized spacial score (nSPS) is 19.0. The van der Waals surface area contributed by atoms with Crippen LogP contribution in [0.4, 0.5) is 23.3 Å². The minimum absolute atomic E-state index is 0.0418. The first-order valence-corrected chi connectivity index (χ1v) is 14.8. The van der Waals surface area contributed by atoms with Gasteiger partial charge in [-0.25, -0.2) is 37.5 Å². The Hall–Kier alpha value is -7.64. The van der Waals surface area contributed by atoms with Crippen LogP contribution in [0.25, 0.3) is 33.6 Å². The summed E-state index contributed by atoms with van der Waals surface area (Å²) >= 11 is 0. The smallest absolute Gasteiger partial charge is 0.324 e. The number of nitrogens with one attached hydrogen (secondary N) is 2. The molecule has 8 aromatic rings. The Morgan fingerprint density at radius 3 is 1.54 bits per heavy atom.